The molecule has 1 unspecified atom stereocenters. The molecule has 2 heterocycles. The van der Waals surface area contributed by atoms with Crippen molar-refractivity contribution in [3.05, 3.63) is 23.8 Å². The van der Waals surface area contributed by atoms with Crippen molar-refractivity contribution >= 4 is 29.1 Å². The molecule has 3 aliphatic rings. The summed E-state index contributed by atoms with van der Waals surface area (Å²) in [6.07, 6.45) is 5.36. The number of benzene rings is 1. The van der Waals surface area contributed by atoms with Gasteiger partial charge in [-0.05, 0) is 62.3 Å². The maximum atomic E-state index is 12.7. The van der Waals surface area contributed by atoms with E-state index < -0.39 is 0 Å². The third-order valence-electron chi connectivity index (χ3n) is 5.61. The van der Waals surface area contributed by atoms with Gasteiger partial charge in [-0.2, -0.15) is 0 Å². The number of likely N-dealkylation sites (tertiary alicyclic amines) is 1. The van der Waals surface area contributed by atoms with Crippen molar-refractivity contribution in [3.8, 4) is 0 Å². The lowest BCUT2D eigenvalue weighted by molar-refractivity contribution is -0.137. The van der Waals surface area contributed by atoms with Crippen molar-refractivity contribution in [3.63, 3.8) is 0 Å². The van der Waals surface area contributed by atoms with E-state index in [9.17, 15) is 14.4 Å². The van der Waals surface area contributed by atoms with Crippen LogP contribution in [0.25, 0.3) is 0 Å². The Morgan fingerprint density at radius 1 is 1.08 bits per heavy atom. The van der Waals surface area contributed by atoms with Crippen LogP contribution in [0.3, 0.4) is 0 Å². The Labute approximate surface area is 153 Å². The molecule has 6 heteroatoms. The first-order valence-corrected chi connectivity index (χ1v) is 9.57. The molecule has 138 valence electrons. The van der Waals surface area contributed by atoms with Gasteiger partial charge in [-0.3, -0.25) is 14.4 Å². The van der Waals surface area contributed by atoms with E-state index in [-0.39, 0.29) is 29.7 Å². The second kappa shape index (κ2) is 6.74. The molecular formula is C20H25N3O3. The molecule has 2 fully saturated rings. The smallest absolute Gasteiger partial charge is 0.247 e. The van der Waals surface area contributed by atoms with Crippen LogP contribution in [0.2, 0.25) is 0 Å². The lowest BCUT2D eigenvalue weighted by Crippen LogP contribution is -2.43. The minimum absolute atomic E-state index is 0.0444. The summed E-state index contributed by atoms with van der Waals surface area (Å²) in [4.78, 5) is 40.5. The Balaban J connectivity index is 1.48. The van der Waals surface area contributed by atoms with Crippen LogP contribution < -0.4 is 10.2 Å². The van der Waals surface area contributed by atoms with Crippen LogP contribution in [0.4, 0.5) is 11.4 Å². The molecule has 0 bridgehead atoms. The van der Waals surface area contributed by atoms with Gasteiger partial charge >= 0.3 is 0 Å². The number of anilines is 2. The van der Waals surface area contributed by atoms with Crippen LogP contribution in [0.15, 0.2) is 18.2 Å². The first-order valence-electron chi connectivity index (χ1n) is 9.57. The van der Waals surface area contributed by atoms with Gasteiger partial charge in [0.1, 0.15) is 6.04 Å². The van der Waals surface area contributed by atoms with Crippen LogP contribution in [-0.2, 0) is 20.8 Å². The van der Waals surface area contributed by atoms with Crippen molar-refractivity contribution in [2.75, 3.05) is 23.3 Å². The molecule has 1 aromatic rings. The largest absolute Gasteiger partial charge is 0.330 e. The summed E-state index contributed by atoms with van der Waals surface area (Å²) in [6, 6.07) is 5.37. The molecule has 1 saturated heterocycles. The number of hydrogen-bond acceptors (Lipinski definition) is 3. The second-order valence-electron chi connectivity index (χ2n) is 7.57. The molecule has 1 aliphatic carbocycles. The van der Waals surface area contributed by atoms with Gasteiger partial charge < -0.3 is 15.1 Å². The molecule has 1 N–H and O–H groups in total. The lowest BCUT2D eigenvalue weighted by atomic mass is 10.0. The van der Waals surface area contributed by atoms with E-state index in [1.807, 2.05) is 18.2 Å². The number of fused-ring (bicyclic) bond motifs is 1. The van der Waals surface area contributed by atoms with Crippen LogP contribution in [-0.4, -0.2) is 41.8 Å². The topological polar surface area (TPSA) is 69.7 Å². The summed E-state index contributed by atoms with van der Waals surface area (Å²) < 4.78 is 0. The molecule has 6 nitrogen and oxygen atoms in total. The molecule has 0 spiro atoms. The number of rotatable bonds is 3. The quantitative estimate of drug-likeness (QED) is 0.905. The van der Waals surface area contributed by atoms with Crippen LogP contribution >= 0.6 is 0 Å². The fourth-order valence-electron chi connectivity index (χ4n) is 4.10. The Bertz CT molecular complexity index is 757. The molecule has 26 heavy (non-hydrogen) atoms. The molecule has 4 rings (SSSR count). The number of carbonyl (C=O) groups excluding carboxylic acids is 3. The Hall–Kier alpha value is -2.37. The Morgan fingerprint density at radius 2 is 1.88 bits per heavy atom. The van der Waals surface area contributed by atoms with Crippen molar-refractivity contribution in [1.29, 1.82) is 0 Å². The zero-order valence-electron chi connectivity index (χ0n) is 15.2. The number of nitrogens with zero attached hydrogens (tertiary/aromatic N) is 2. The number of aryl methyl sites for hydroxylation is 1. The van der Waals surface area contributed by atoms with Gasteiger partial charge in [-0.25, -0.2) is 0 Å². The predicted molar refractivity (Wildman–Crippen MR) is 98.9 cm³/mol. The molecule has 1 aromatic carbocycles. The van der Waals surface area contributed by atoms with Crippen molar-refractivity contribution < 1.29 is 14.4 Å². The second-order valence-corrected chi connectivity index (χ2v) is 7.57. The van der Waals surface area contributed by atoms with E-state index in [4.69, 9.17) is 0 Å². The molecular weight excluding hydrogens is 330 g/mol. The SMILES string of the molecule is CC(=O)N1CCCc2cc(NC(=O)C3CCCN3C(=O)C3CC3)ccc21. The zero-order chi connectivity index (χ0) is 18.3. The summed E-state index contributed by atoms with van der Waals surface area (Å²) in [5, 5.41) is 2.99. The standard InChI is InChI=1S/C20H25N3O3/c1-13(24)22-10-2-4-15-12-16(8-9-17(15)22)21-19(25)18-5-3-11-23(18)20(26)14-6-7-14/h8-9,12,14,18H,2-7,10-11H2,1H3,(H,21,25). The monoisotopic (exact) mass is 355 g/mol. The third kappa shape index (κ3) is 3.20. The molecule has 3 amide bonds. The highest BCUT2D eigenvalue weighted by Crippen LogP contribution is 2.34. The van der Waals surface area contributed by atoms with Crippen molar-refractivity contribution in [1.82, 2.24) is 4.90 Å². The molecule has 0 aromatic heterocycles. The van der Waals surface area contributed by atoms with E-state index in [1.165, 1.54) is 0 Å². The normalized spacial score (nSPS) is 22.1. The first-order chi connectivity index (χ1) is 12.5. The van der Waals surface area contributed by atoms with Gasteiger partial charge in [0, 0.05) is 37.3 Å². The highest BCUT2D eigenvalue weighted by atomic mass is 16.2. The summed E-state index contributed by atoms with van der Waals surface area (Å²) in [5.41, 5.74) is 2.76. The van der Waals surface area contributed by atoms with Crippen LogP contribution in [0, 0.1) is 5.92 Å². The summed E-state index contributed by atoms with van der Waals surface area (Å²) in [7, 11) is 0. The van der Waals surface area contributed by atoms with Gasteiger partial charge in [0.05, 0.1) is 0 Å². The number of nitrogens with one attached hydrogen (secondary N) is 1. The first kappa shape index (κ1) is 17.1. The minimum Gasteiger partial charge on any atom is -0.330 e. The summed E-state index contributed by atoms with van der Waals surface area (Å²) >= 11 is 0. The average Bonchev–Trinajstić information content (AvgIpc) is 3.36. The van der Waals surface area contributed by atoms with Gasteiger partial charge in [0.25, 0.3) is 0 Å². The van der Waals surface area contributed by atoms with Gasteiger partial charge in [-0.1, -0.05) is 0 Å². The zero-order valence-corrected chi connectivity index (χ0v) is 15.2. The maximum Gasteiger partial charge on any atom is 0.247 e. The summed E-state index contributed by atoms with van der Waals surface area (Å²) in [6.45, 7) is 3.01. The fraction of sp³-hybridized carbons (Fsp3) is 0.550. The molecule has 0 radical (unpaired) electrons. The summed E-state index contributed by atoms with van der Waals surface area (Å²) in [5.74, 6) is 0.230. The number of amides is 3. The average molecular weight is 355 g/mol. The van der Waals surface area contributed by atoms with Gasteiger partial charge in [0.15, 0.2) is 0 Å². The highest BCUT2D eigenvalue weighted by molar-refractivity contribution is 5.99. The lowest BCUT2D eigenvalue weighted by Gasteiger charge is -2.29. The fourth-order valence-corrected chi connectivity index (χ4v) is 4.10. The van der Waals surface area contributed by atoms with E-state index in [2.05, 4.69) is 5.32 Å². The predicted octanol–water partition coefficient (Wildman–Crippen LogP) is 2.33. The highest BCUT2D eigenvalue weighted by Gasteiger charge is 2.40. The molecule has 2 aliphatic heterocycles. The number of carbonyl (C=O) groups is 3. The minimum atomic E-state index is -0.354. The van der Waals surface area contributed by atoms with Gasteiger partial charge in [-0.15, -0.1) is 0 Å². The van der Waals surface area contributed by atoms with E-state index in [1.54, 1.807) is 16.7 Å². The maximum absolute atomic E-state index is 12.7. The third-order valence-corrected chi connectivity index (χ3v) is 5.61. The van der Waals surface area contributed by atoms with Crippen molar-refractivity contribution in [2.24, 2.45) is 5.92 Å². The van der Waals surface area contributed by atoms with Crippen LogP contribution in [0.5, 0.6) is 0 Å². The van der Waals surface area contributed by atoms with E-state index >= 15 is 0 Å². The Morgan fingerprint density at radius 3 is 2.62 bits per heavy atom. The number of hydrogen-bond donors (Lipinski definition) is 1. The van der Waals surface area contributed by atoms with Crippen molar-refractivity contribution in [2.45, 2.75) is 51.5 Å². The Kier molecular flexibility index (Phi) is 4.42. The van der Waals surface area contributed by atoms with E-state index in [0.717, 1.165) is 62.0 Å². The van der Waals surface area contributed by atoms with Gasteiger partial charge in [0.2, 0.25) is 17.7 Å². The van der Waals surface area contributed by atoms with E-state index in [0.29, 0.717) is 6.54 Å². The molecule has 1 saturated carbocycles. The van der Waals surface area contributed by atoms with Crippen LogP contribution in [0.1, 0.15) is 44.6 Å². The molecule has 1 atom stereocenters.